The SMILES string of the molecule is CC(C)(C)C(O[C@@H]1O[C@H](CO[C@@H]2O[C@H](CO)[C@@H](O)[C@H](O)[C@H]2O)[C@@H](O)[C@H](O)[C@H]1O)c1ccccc1. The van der Waals surface area contributed by atoms with Gasteiger partial charge in [-0.05, 0) is 11.0 Å². The predicted molar refractivity (Wildman–Crippen MR) is 116 cm³/mol. The molecule has 0 bridgehead atoms. The third kappa shape index (κ3) is 5.94. The molecule has 34 heavy (non-hydrogen) atoms. The number of hydrogen-bond donors (Lipinski definition) is 7. The van der Waals surface area contributed by atoms with Crippen LogP contribution in [-0.4, -0.2) is 110 Å². The van der Waals surface area contributed by atoms with E-state index in [-0.39, 0.29) is 0 Å². The lowest BCUT2D eigenvalue weighted by atomic mass is 9.84. The minimum absolute atomic E-state index is 0.409. The summed E-state index contributed by atoms with van der Waals surface area (Å²) in [5, 5.41) is 70.6. The molecule has 11 nitrogen and oxygen atoms in total. The summed E-state index contributed by atoms with van der Waals surface area (Å²) in [7, 11) is 0. The van der Waals surface area contributed by atoms with Gasteiger partial charge < -0.3 is 54.7 Å². The fourth-order valence-corrected chi connectivity index (χ4v) is 4.11. The Morgan fingerprint density at radius 3 is 1.85 bits per heavy atom. The summed E-state index contributed by atoms with van der Waals surface area (Å²) in [6.45, 7) is 4.81. The second-order valence-electron chi connectivity index (χ2n) is 9.84. The molecule has 1 aromatic carbocycles. The Labute approximate surface area is 198 Å². The van der Waals surface area contributed by atoms with E-state index in [2.05, 4.69) is 0 Å². The fourth-order valence-electron chi connectivity index (χ4n) is 4.11. The maximum absolute atomic E-state index is 10.5. The lowest BCUT2D eigenvalue weighted by Gasteiger charge is -2.44. The maximum atomic E-state index is 10.5. The highest BCUT2D eigenvalue weighted by Gasteiger charge is 2.48. The second kappa shape index (κ2) is 11.2. The molecule has 2 fully saturated rings. The first kappa shape index (κ1) is 27.4. The lowest BCUT2D eigenvalue weighted by Crippen LogP contribution is -2.62. The van der Waals surface area contributed by atoms with Gasteiger partial charge in [-0.25, -0.2) is 0 Å². The average molecular weight is 489 g/mol. The van der Waals surface area contributed by atoms with E-state index in [4.69, 9.17) is 18.9 Å². The number of ether oxygens (including phenoxy) is 4. The molecule has 0 amide bonds. The Hall–Kier alpha value is -1.22. The van der Waals surface area contributed by atoms with Crippen LogP contribution in [0.25, 0.3) is 0 Å². The molecule has 2 aliphatic heterocycles. The van der Waals surface area contributed by atoms with Crippen molar-refractivity contribution in [3.8, 4) is 0 Å². The number of aliphatic hydroxyl groups is 7. The molecule has 2 heterocycles. The van der Waals surface area contributed by atoms with Crippen LogP contribution in [0.1, 0.15) is 32.4 Å². The number of rotatable bonds is 7. The lowest BCUT2D eigenvalue weighted by molar-refractivity contribution is -0.340. The molecule has 7 N–H and O–H groups in total. The monoisotopic (exact) mass is 488 g/mol. The van der Waals surface area contributed by atoms with E-state index in [9.17, 15) is 35.7 Å². The van der Waals surface area contributed by atoms with Crippen molar-refractivity contribution in [1.82, 2.24) is 0 Å². The van der Waals surface area contributed by atoms with Crippen molar-refractivity contribution in [2.75, 3.05) is 13.2 Å². The van der Waals surface area contributed by atoms with Gasteiger partial charge >= 0.3 is 0 Å². The minimum atomic E-state index is -1.63. The molecular formula is C23H36O11. The fraction of sp³-hybridized carbons (Fsp3) is 0.739. The zero-order valence-corrected chi connectivity index (χ0v) is 19.4. The second-order valence-corrected chi connectivity index (χ2v) is 9.84. The van der Waals surface area contributed by atoms with Crippen LogP contribution in [0.5, 0.6) is 0 Å². The first-order valence-corrected chi connectivity index (χ1v) is 11.3. The van der Waals surface area contributed by atoms with Gasteiger partial charge in [0.25, 0.3) is 0 Å². The minimum Gasteiger partial charge on any atom is -0.394 e. The Morgan fingerprint density at radius 1 is 0.765 bits per heavy atom. The van der Waals surface area contributed by atoms with Crippen molar-refractivity contribution in [3.05, 3.63) is 35.9 Å². The van der Waals surface area contributed by atoms with Gasteiger partial charge in [-0.2, -0.15) is 0 Å². The van der Waals surface area contributed by atoms with E-state index in [1.807, 2.05) is 51.1 Å². The van der Waals surface area contributed by atoms with Crippen LogP contribution in [0.2, 0.25) is 0 Å². The summed E-state index contributed by atoms with van der Waals surface area (Å²) in [6.07, 6.45) is -15.2. The molecule has 1 aromatic rings. The largest absolute Gasteiger partial charge is 0.394 e. The molecule has 11 atom stereocenters. The smallest absolute Gasteiger partial charge is 0.187 e. The Morgan fingerprint density at radius 2 is 1.29 bits per heavy atom. The third-order valence-electron chi connectivity index (χ3n) is 6.10. The zero-order valence-electron chi connectivity index (χ0n) is 19.4. The van der Waals surface area contributed by atoms with Crippen molar-refractivity contribution in [1.29, 1.82) is 0 Å². The maximum Gasteiger partial charge on any atom is 0.187 e. The number of hydrogen-bond acceptors (Lipinski definition) is 11. The Balaban J connectivity index is 1.71. The quantitative estimate of drug-likeness (QED) is 0.235. The molecular weight excluding hydrogens is 452 g/mol. The first-order valence-electron chi connectivity index (χ1n) is 11.3. The summed E-state index contributed by atoms with van der Waals surface area (Å²) in [4.78, 5) is 0. The van der Waals surface area contributed by atoms with E-state index in [1.165, 1.54) is 0 Å². The van der Waals surface area contributed by atoms with Gasteiger partial charge in [-0.3, -0.25) is 0 Å². The van der Waals surface area contributed by atoms with Gasteiger partial charge in [0.15, 0.2) is 12.6 Å². The van der Waals surface area contributed by atoms with Crippen molar-refractivity contribution < 1.29 is 54.7 Å². The molecule has 0 aliphatic carbocycles. The van der Waals surface area contributed by atoms with Gasteiger partial charge in [0, 0.05) is 0 Å². The molecule has 2 saturated heterocycles. The highest BCUT2D eigenvalue weighted by molar-refractivity contribution is 5.19. The van der Waals surface area contributed by atoms with E-state index < -0.39 is 86.1 Å². The molecule has 0 radical (unpaired) electrons. The van der Waals surface area contributed by atoms with Gasteiger partial charge in [-0.1, -0.05) is 51.1 Å². The highest BCUT2D eigenvalue weighted by Crippen LogP contribution is 2.39. The van der Waals surface area contributed by atoms with E-state index in [1.54, 1.807) is 0 Å². The van der Waals surface area contributed by atoms with Gasteiger partial charge in [-0.15, -0.1) is 0 Å². The topological polar surface area (TPSA) is 179 Å². The van der Waals surface area contributed by atoms with E-state index >= 15 is 0 Å². The van der Waals surface area contributed by atoms with Crippen LogP contribution < -0.4 is 0 Å². The molecule has 11 heteroatoms. The van der Waals surface area contributed by atoms with Gasteiger partial charge in [0.1, 0.15) is 48.8 Å². The number of benzene rings is 1. The first-order chi connectivity index (χ1) is 16.0. The van der Waals surface area contributed by atoms with Crippen molar-refractivity contribution in [2.45, 2.75) is 88.3 Å². The van der Waals surface area contributed by atoms with Crippen molar-refractivity contribution >= 4 is 0 Å². The van der Waals surface area contributed by atoms with Crippen molar-refractivity contribution in [2.24, 2.45) is 5.41 Å². The van der Waals surface area contributed by atoms with Crippen LogP contribution in [-0.2, 0) is 18.9 Å². The Kier molecular flexibility index (Phi) is 9.04. The summed E-state index contributed by atoms with van der Waals surface area (Å²) in [5.74, 6) is 0. The van der Waals surface area contributed by atoms with E-state index in [0.29, 0.717) is 0 Å². The average Bonchev–Trinajstić information content (AvgIpc) is 2.80. The molecule has 1 unspecified atom stereocenters. The highest BCUT2D eigenvalue weighted by atomic mass is 16.7. The molecule has 0 spiro atoms. The molecule has 3 rings (SSSR count). The Bertz CT molecular complexity index is 755. The summed E-state index contributed by atoms with van der Waals surface area (Å²) in [6, 6.07) is 9.31. The number of aliphatic hydroxyl groups excluding tert-OH is 7. The van der Waals surface area contributed by atoms with Crippen molar-refractivity contribution in [3.63, 3.8) is 0 Å². The summed E-state index contributed by atoms with van der Waals surface area (Å²) >= 11 is 0. The normalized spacial score (nSPS) is 40.2. The van der Waals surface area contributed by atoms with Gasteiger partial charge in [0.05, 0.1) is 19.3 Å². The van der Waals surface area contributed by atoms with E-state index in [0.717, 1.165) is 5.56 Å². The predicted octanol–water partition coefficient (Wildman–Crippen LogP) is -1.59. The standard InChI is InChI=1S/C23H36O11/c1-23(2,3)20(11-7-5-4-6-8-11)34-22-19(30)17(28)15(26)13(33-22)10-31-21-18(29)16(27)14(25)12(9-24)32-21/h4-8,12-22,24-30H,9-10H2,1-3H3/t12-,13-,14-,15-,16+,17+,18-,19-,20?,21-,22+/m1/s1. The zero-order chi connectivity index (χ0) is 25.2. The molecule has 194 valence electrons. The third-order valence-corrected chi connectivity index (χ3v) is 6.10. The molecule has 0 saturated carbocycles. The summed E-state index contributed by atoms with van der Waals surface area (Å²) in [5.41, 5.74) is 0.425. The van der Waals surface area contributed by atoms with Crippen LogP contribution in [0.15, 0.2) is 30.3 Å². The molecule has 0 aromatic heterocycles. The van der Waals surface area contributed by atoms with Gasteiger partial charge in [0.2, 0.25) is 0 Å². The van der Waals surface area contributed by atoms with Crippen LogP contribution in [0.4, 0.5) is 0 Å². The molecule has 2 aliphatic rings. The summed E-state index contributed by atoms with van der Waals surface area (Å²) < 4.78 is 22.6. The van der Waals surface area contributed by atoms with Crippen LogP contribution >= 0.6 is 0 Å². The van der Waals surface area contributed by atoms with Crippen LogP contribution in [0, 0.1) is 5.41 Å². The van der Waals surface area contributed by atoms with Crippen LogP contribution in [0.3, 0.4) is 0 Å².